The van der Waals surface area contributed by atoms with Gasteiger partial charge in [-0.25, -0.2) is 9.48 Å². The molecule has 2 N–H and O–H groups in total. The van der Waals surface area contributed by atoms with Crippen molar-refractivity contribution in [1.82, 2.24) is 9.78 Å². The van der Waals surface area contributed by atoms with Crippen molar-refractivity contribution in [1.29, 1.82) is 0 Å². The minimum absolute atomic E-state index is 0.184. The number of carbonyl (C=O) groups excluding carboxylic acids is 1. The van der Waals surface area contributed by atoms with E-state index in [2.05, 4.69) is 10.4 Å². The highest BCUT2D eigenvalue weighted by Crippen LogP contribution is 2.17. The first-order chi connectivity index (χ1) is 10.5. The number of ether oxygens (including phenoxy) is 1. The SMILES string of the molecule is CCOc1ccc(NC(=O)c2ccnn2C(C)C(=O)O)cc1. The lowest BCUT2D eigenvalue weighted by atomic mass is 10.2. The summed E-state index contributed by atoms with van der Waals surface area (Å²) in [6.07, 6.45) is 1.40. The quantitative estimate of drug-likeness (QED) is 0.853. The van der Waals surface area contributed by atoms with Crippen molar-refractivity contribution in [3.63, 3.8) is 0 Å². The van der Waals surface area contributed by atoms with E-state index < -0.39 is 17.9 Å². The molecule has 0 aliphatic heterocycles. The highest BCUT2D eigenvalue weighted by atomic mass is 16.5. The third-order valence-corrected chi connectivity index (χ3v) is 3.05. The maximum Gasteiger partial charge on any atom is 0.328 e. The maximum absolute atomic E-state index is 12.2. The predicted octanol–water partition coefficient (Wildman–Crippen LogP) is 2.18. The molecule has 7 heteroatoms. The Morgan fingerprint density at radius 2 is 2.00 bits per heavy atom. The van der Waals surface area contributed by atoms with E-state index in [-0.39, 0.29) is 5.69 Å². The molecule has 22 heavy (non-hydrogen) atoms. The smallest absolute Gasteiger partial charge is 0.328 e. The van der Waals surface area contributed by atoms with E-state index in [1.807, 2.05) is 6.92 Å². The van der Waals surface area contributed by atoms with Crippen molar-refractivity contribution in [3.8, 4) is 5.75 Å². The van der Waals surface area contributed by atoms with Gasteiger partial charge in [0.15, 0.2) is 0 Å². The van der Waals surface area contributed by atoms with Crippen LogP contribution in [-0.2, 0) is 4.79 Å². The molecule has 1 unspecified atom stereocenters. The number of aliphatic carboxylic acids is 1. The molecule has 1 aromatic heterocycles. The maximum atomic E-state index is 12.2. The van der Waals surface area contributed by atoms with Crippen LogP contribution in [0.5, 0.6) is 5.75 Å². The second-order valence-corrected chi connectivity index (χ2v) is 4.59. The number of carboxylic acid groups (broad SMARTS) is 1. The average molecular weight is 303 g/mol. The summed E-state index contributed by atoms with van der Waals surface area (Å²) in [5.74, 6) is -0.765. The van der Waals surface area contributed by atoms with Crippen molar-refractivity contribution < 1.29 is 19.4 Å². The molecule has 0 bridgehead atoms. The Labute approximate surface area is 127 Å². The third kappa shape index (κ3) is 3.43. The number of rotatable bonds is 6. The van der Waals surface area contributed by atoms with Crippen LogP contribution in [0.3, 0.4) is 0 Å². The van der Waals surface area contributed by atoms with Gasteiger partial charge < -0.3 is 15.2 Å². The molecule has 1 heterocycles. The number of nitrogens with zero attached hydrogens (tertiary/aromatic N) is 2. The first-order valence-corrected chi connectivity index (χ1v) is 6.83. The fraction of sp³-hybridized carbons (Fsp3) is 0.267. The number of hydrogen-bond donors (Lipinski definition) is 2. The van der Waals surface area contributed by atoms with E-state index in [0.29, 0.717) is 18.0 Å². The van der Waals surface area contributed by atoms with Gasteiger partial charge in [-0.2, -0.15) is 5.10 Å². The largest absolute Gasteiger partial charge is 0.494 e. The van der Waals surface area contributed by atoms with Gasteiger partial charge in [-0.05, 0) is 44.2 Å². The zero-order valence-electron chi connectivity index (χ0n) is 12.3. The molecule has 116 valence electrons. The molecule has 0 saturated heterocycles. The van der Waals surface area contributed by atoms with Gasteiger partial charge in [0, 0.05) is 11.9 Å². The summed E-state index contributed by atoms with van der Waals surface area (Å²) < 4.78 is 6.50. The fourth-order valence-corrected chi connectivity index (χ4v) is 1.90. The number of hydrogen-bond acceptors (Lipinski definition) is 4. The predicted molar refractivity (Wildman–Crippen MR) is 80.1 cm³/mol. The molecule has 1 atom stereocenters. The lowest BCUT2D eigenvalue weighted by molar-refractivity contribution is -0.140. The molecule has 0 aliphatic rings. The van der Waals surface area contributed by atoms with Gasteiger partial charge in [-0.3, -0.25) is 4.79 Å². The van der Waals surface area contributed by atoms with Gasteiger partial charge >= 0.3 is 5.97 Å². The van der Waals surface area contributed by atoms with Crippen LogP contribution in [-0.4, -0.2) is 33.4 Å². The number of aromatic nitrogens is 2. The van der Waals surface area contributed by atoms with Crippen molar-refractivity contribution in [2.45, 2.75) is 19.9 Å². The molecule has 0 aliphatic carbocycles. The van der Waals surface area contributed by atoms with E-state index in [0.717, 1.165) is 0 Å². The number of nitrogens with one attached hydrogen (secondary N) is 1. The zero-order chi connectivity index (χ0) is 16.1. The summed E-state index contributed by atoms with van der Waals surface area (Å²) in [5, 5.41) is 15.6. The van der Waals surface area contributed by atoms with E-state index in [1.54, 1.807) is 24.3 Å². The second kappa shape index (κ2) is 6.75. The van der Waals surface area contributed by atoms with Crippen LogP contribution in [0.4, 0.5) is 5.69 Å². The first kappa shape index (κ1) is 15.6. The van der Waals surface area contributed by atoms with Crippen LogP contribution < -0.4 is 10.1 Å². The molecule has 0 radical (unpaired) electrons. The summed E-state index contributed by atoms with van der Waals surface area (Å²) in [4.78, 5) is 23.3. The minimum atomic E-state index is -1.06. The number of carboxylic acids is 1. The summed E-state index contributed by atoms with van der Waals surface area (Å²) in [6, 6.07) is 7.47. The molecule has 0 fully saturated rings. The van der Waals surface area contributed by atoms with Crippen molar-refractivity contribution in [2.75, 3.05) is 11.9 Å². The Morgan fingerprint density at radius 3 is 2.59 bits per heavy atom. The van der Waals surface area contributed by atoms with Crippen LogP contribution in [0.15, 0.2) is 36.5 Å². The number of carbonyl (C=O) groups is 2. The normalized spacial score (nSPS) is 11.7. The molecular formula is C15H17N3O4. The second-order valence-electron chi connectivity index (χ2n) is 4.59. The van der Waals surface area contributed by atoms with Gasteiger partial charge in [0.25, 0.3) is 5.91 Å². The Morgan fingerprint density at radius 1 is 1.32 bits per heavy atom. The third-order valence-electron chi connectivity index (χ3n) is 3.05. The summed E-state index contributed by atoms with van der Waals surface area (Å²) >= 11 is 0. The Bertz CT molecular complexity index is 664. The molecule has 2 rings (SSSR count). The van der Waals surface area contributed by atoms with Crippen LogP contribution in [0.2, 0.25) is 0 Å². The lowest BCUT2D eigenvalue weighted by Gasteiger charge is -2.12. The van der Waals surface area contributed by atoms with Gasteiger partial charge in [0.1, 0.15) is 17.5 Å². The minimum Gasteiger partial charge on any atom is -0.494 e. The number of anilines is 1. The van der Waals surface area contributed by atoms with Gasteiger partial charge in [-0.1, -0.05) is 0 Å². The van der Waals surface area contributed by atoms with Crippen LogP contribution >= 0.6 is 0 Å². The Kier molecular flexibility index (Phi) is 4.77. The van der Waals surface area contributed by atoms with Gasteiger partial charge in [-0.15, -0.1) is 0 Å². The highest BCUT2D eigenvalue weighted by molar-refractivity contribution is 6.03. The molecule has 1 amide bonds. The van der Waals surface area contributed by atoms with Crippen molar-refractivity contribution in [3.05, 3.63) is 42.2 Å². The van der Waals surface area contributed by atoms with E-state index >= 15 is 0 Å². The topological polar surface area (TPSA) is 93.5 Å². The molecule has 0 spiro atoms. The molecule has 7 nitrogen and oxygen atoms in total. The van der Waals surface area contributed by atoms with Crippen LogP contribution in [0.25, 0.3) is 0 Å². The lowest BCUT2D eigenvalue weighted by Crippen LogP contribution is -2.24. The highest BCUT2D eigenvalue weighted by Gasteiger charge is 2.21. The molecular weight excluding hydrogens is 286 g/mol. The average Bonchev–Trinajstić information content (AvgIpc) is 2.98. The number of benzene rings is 1. The van der Waals surface area contributed by atoms with Crippen LogP contribution in [0.1, 0.15) is 30.4 Å². The fourth-order valence-electron chi connectivity index (χ4n) is 1.90. The van der Waals surface area contributed by atoms with Crippen LogP contribution in [0, 0.1) is 0 Å². The van der Waals surface area contributed by atoms with Gasteiger partial charge in [0.2, 0.25) is 0 Å². The molecule has 2 aromatic rings. The monoisotopic (exact) mass is 303 g/mol. The Balaban J connectivity index is 2.12. The summed E-state index contributed by atoms with van der Waals surface area (Å²) in [5.41, 5.74) is 0.771. The van der Waals surface area contributed by atoms with Gasteiger partial charge in [0.05, 0.1) is 6.61 Å². The van der Waals surface area contributed by atoms with E-state index in [9.17, 15) is 9.59 Å². The molecule has 0 saturated carbocycles. The van der Waals surface area contributed by atoms with E-state index in [4.69, 9.17) is 9.84 Å². The summed E-state index contributed by atoms with van der Waals surface area (Å²) in [6.45, 7) is 3.92. The first-order valence-electron chi connectivity index (χ1n) is 6.83. The van der Waals surface area contributed by atoms with Crippen molar-refractivity contribution >= 4 is 17.6 Å². The summed E-state index contributed by atoms with van der Waals surface area (Å²) in [7, 11) is 0. The number of amides is 1. The Hall–Kier alpha value is -2.83. The molecule has 1 aromatic carbocycles. The van der Waals surface area contributed by atoms with E-state index in [1.165, 1.54) is 23.9 Å². The standard InChI is InChI=1S/C15H17N3O4/c1-3-22-12-6-4-11(5-7-12)17-14(19)13-8-9-16-18(13)10(2)15(20)21/h4-10H,3H2,1-2H3,(H,17,19)(H,20,21). The van der Waals surface area contributed by atoms with Crippen molar-refractivity contribution in [2.24, 2.45) is 0 Å². The zero-order valence-corrected chi connectivity index (χ0v) is 12.3.